The van der Waals surface area contributed by atoms with Crippen LogP contribution in [-0.4, -0.2) is 7.05 Å². The van der Waals surface area contributed by atoms with E-state index in [9.17, 15) is 0 Å². The van der Waals surface area contributed by atoms with E-state index in [1.807, 2.05) is 6.08 Å². The molecule has 0 radical (unpaired) electrons. The minimum absolute atomic E-state index is 0.792. The van der Waals surface area contributed by atoms with Crippen LogP contribution < -0.4 is 5.32 Å². The first-order valence-electron chi connectivity index (χ1n) is 8.31. The molecule has 0 amide bonds. The summed E-state index contributed by atoms with van der Waals surface area (Å²) in [4.78, 5) is 0. The van der Waals surface area contributed by atoms with Crippen molar-refractivity contribution in [3.63, 3.8) is 0 Å². The zero-order valence-corrected chi connectivity index (χ0v) is 13.6. The lowest BCUT2D eigenvalue weighted by atomic mass is 9.81. The average Bonchev–Trinajstić information content (AvgIpc) is 3.31. The molecule has 3 rings (SSSR count). The van der Waals surface area contributed by atoms with Gasteiger partial charge in [0.1, 0.15) is 0 Å². The number of hydrogen-bond acceptors (Lipinski definition) is 1. The van der Waals surface area contributed by atoms with Crippen LogP contribution in [0.25, 0.3) is 12.2 Å². The van der Waals surface area contributed by atoms with Gasteiger partial charge in [0, 0.05) is 18.3 Å². The first kappa shape index (κ1) is 14.4. The van der Waals surface area contributed by atoms with Gasteiger partial charge in [0.15, 0.2) is 0 Å². The second kappa shape index (κ2) is 5.71. The Kier molecular flexibility index (Phi) is 3.93. The van der Waals surface area contributed by atoms with Crippen LogP contribution in [0.4, 0.5) is 5.69 Å². The Labute approximate surface area is 129 Å². The number of rotatable bonds is 4. The summed E-state index contributed by atoms with van der Waals surface area (Å²) >= 11 is 0. The predicted molar refractivity (Wildman–Crippen MR) is 93.6 cm³/mol. The number of anilines is 1. The molecular weight excluding hydrogens is 254 g/mol. The molecule has 1 aromatic rings. The summed E-state index contributed by atoms with van der Waals surface area (Å²) in [5.41, 5.74) is 8.56. The number of benzene rings is 1. The molecule has 1 atom stereocenters. The van der Waals surface area contributed by atoms with Crippen molar-refractivity contribution in [1.29, 1.82) is 0 Å². The van der Waals surface area contributed by atoms with E-state index in [2.05, 4.69) is 44.9 Å². The molecule has 1 aromatic carbocycles. The van der Waals surface area contributed by atoms with E-state index >= 15 is 0 Å². The molecule has 2 aliphatic carbocycles. The molecule has 1 heteroatoms. The number of nitrogens with one attached hydrogen (secondary N) is 1. The van der Waals surface area contributed by atoms with Gasteiger partial charge in [-0.15, -0.1) is 0 Å². The lowest BCUT2D eigenvalue weighted by molar-refractivity contribution is 0.502. The Bertz CT molecular complexity index is 590. The smallest absolute Gasteiger partial charge is 0.0452 e. The molecule has 1 saturated carbocycles. The zero-order valence-electron chi connectivity index (χ0n) is 13.6. The Morgan fingerprint density at radius 2 is 2.10 bits per heavy atom. The van der Waals surface area contributed by atoms with Gasteiger partial charge >= 0.3 is 0 Å². The second-order valence-corrected chi connectivity index (χ2v) is 6.86. The quantitative estimate of drug-likeness (QED) is 0.788. The van der Waals surface area contributed by atoms with Gasteiger partial charge < -0.3 is 5.32 Å². The first-order chi connectivity index (χ1) is 10.1. The minimum Gasteiger partial charge on any atom is -0.387 e. The molecule has 0 aromatic heterocycles. The molecule has 21 heavy (non-hydrogen) atoms. The molecular formula is C20H27N. The van der Waals surface area contributed by atoms with E-state index in [4.69, 9.17) is 0 Å². The van der Waals surface area contributed by atoms with Gasteiger partial charge in [-0.1, -0.05) is 37.3 Å². The highest BCUT2D eigenvalue weighted by Crippen LogP contribution is 2.40. The SMILES string of the molecule is C=Cc1cc2c(c(NC)c1/C=C(\C)C1CC1)CC(C)CC2. The Morgan fingerprint density at radius 1 is 1.33 bits per heavy atom. The van der Waals surface area contributed by atoms with Gasteiger partial charge in [-0.05, 0) is 67.6 Å². The summed E-state index contributed by atoms with van der Waals surface area (Å²) in [6, 6.07) is 2.38. The maximum absolute atomic E-state index is 4.04. The van der Waals surface area contributed by atoms with Gasteiger partial charge in [-0.25, -0.2) is 0 Å². The fraction of sp³-hybridized carbons (Fsp3) is 0.500. The molecule has 1 unspecified atom stereocenters. The Hall–Kier alpha value is -1.50. The summed E-state index contributed by atoms with van der Waals surface area (Å²) in [6.07, 6.45) is 10.9. The molecule has 1 nitrogen and oxygen atoms in total. The van der Waals surface area contributed by atoms with Crippen molar-refractivity contribution in [2.75, 3.05) is 12.4 Å². The van der Waals surface area contributed by atoms with Crippen LogP contribution in [0.15, 0.2) is 18.2 Å². The molecule has 112 valence electrons. The molecule has 0 bridgehead atoms. The van der Waals surface area contributed by atoms with E-state index in [-0.39, 0.29) is 0 Å². The first-order valence-corrected chi connectivity index (χ1v) is 8.31. The number of fused-ring (bicyclic) bond motifs is 1. The average molecular weight is 281 g/mol. The molecule has 0 aliphatic heterocycles. The van der Waals surface area contributed by atoms with Crippen molar-refractivity contribution in [3.05, 3.63) is 40.5 Å². The highest BCUT2D eigenvalue weighted by molar-refractivity contribution is 5.80. The fourth-order valence-corrected chi connectivity index (χ4v) is 3.62. The topological polar surface area (TPSA) is 12.0 Å². The standard InChI is InChI=1S/C20H27N/c1-5-15-12-17-7-6-13(2)10-18(17)20(21-4)19(15)11-14(3)16-8-9-16/h5,11-13,16,21H,1,6-10H2,2-4H3/b14-11+. The van der Waals surface area contributed by atoms with Crippen LogP contribution in [0.2, 0.25) is 0 Å². The summed E-state index contributed by atoms with van der Waals surface area (Å²) in [5.74, 6) is 1.61. The van der Waals surface area contributed by atoms with Crippen LogP contribution in [0.1, 0.15) is 55.4 Å². The van der Waals surface area contributed by atoms with E-state index in [1.54, 1.807) is 0 Å². The van der Waals surface area contributed by atoms with Crippen LogP contribution in [0.5, 0.6) is 0 Å². The van der Waals surface area contributed by atoms with Crippen LogP contribution in [0.3, 0.4) is 0 Å². The number of aryl methyl sites for hydroxylation is 1. The van der Waals surface area contributed by atoms with Crippen molar-refractivity contribution in [2.45, 2.75) is 46.0 Å². The molecule has 1 N–H and O–H groups in total. The normalized spacial score (nSPS) is 21.9. The third-order valence-electron chi connectivity index (χ3n) is 5.12. The Balaban J connectivity index is 2.14. The fourth-order valence-electron chi connectivity index (χ4n) is 3.62. The van der Waals surface area contributed by atoms with Crippen LogP contribution >= 0.6 is 0 Å². The second-order valence-electron chi connectivity index (χ2n) is 6.86. The summed E-state index contributed by atoms with van der Waals surface area (Å²) in [7, 11) is 2.06. The summed E-state index contributed by atoms with van der Waals surface area (Å²) in [6.45, 7) is 8.70. The monoisotopic (exact) mass is 281 g/mol. The highest BCUT2D eigenvalue weighted by atomic mass is 14.8. The van der Waals surface area contributed by atoms with Gasteiger partial charge in [-0.3, -0.25) is 0 Å². The maximum Gasteiger partial charge on any atom is 0.0452 e. The highest BCUT2D eigenvalue weighted by Gasteiger charge is 2.25. The molecule has 2 aliphatic rings. The third-order valence-corrected chi connectivity index (χ3v) is 5.12. The number of hydrogen-bond donors (Lipinski definition) is 1. The minimum atomic E-state index is 0.792. The third kappa shape index (κ3) is 2.79. The molecule has 0 saturated heterocycles. The van der Waals surface area contributed by atoms with Gasteiger partial charge in [0.2, 0.25) is 0 Å². The van der Waals surface area contributed by atoms with Crippen molar-refractivity contribution >= 4 is 17.8 Å². The Morgan fingerprint density at radius 3 is 2.71 bits per heavy atom. The van der Waals surface area contributed by atoms with Crippen molar-refractivity contribution < 1.29 is 0 Å². The summed E-state index contributed by atoms with van der Waals surface area (Å²) < 4.78 is 0. The number of allylic oxidation sites excluding steroid dienone is 1. The van der Waals surface area contributed by atoms with Crippen molar-refractivity contribution in [2.24, 2.45) is 11.8 Å². The largest absolute Gasteiger partial charge is 0.387 e. The molecule has 0 heterocycles. The van der Waals surface area contributed by atoms with E-state index in [1.165, 1.54) is 65.6 Å². The van der Waals surface area contributed by atoms with Gasteiger partial charge in [0.05, 0.1) is 0 Å². The van der Waals surface area contributed by atoms with Crippen LogP contribution in [0, 0.1) is 11.8 Å². The summed E-state index contributed by atoms with van der Waals surface area (Å²) in [5, 5.41) is 3.49. The zero-order chi connectivity index (χ0) is 15.0. The van der Waals surface area contributed by atoms with E-state index in [0.29, 0.717) is 0 Å². The maximum atomic E-state index is 4.04. The van der Waals surface area contributed by atoms with E-state index < -0.39 is 0 Å². The van der Waals surface area contributed by atoms with Gasteiger partial charge in [-0.2, -0.15) is 0 Å². The van der Waals surface area contributed by atoms with Crippen LogP contribution in [-0.2, 0) is 12.8 Å². The molecule has 1 fully saturated rings. The predicted octanol–water partition coefficient (Wildman–Crippen LogP) is 5.31. The van der Waals surface area contributed by atoms with Gasteiger partial charge in [0.25, 0.3) is 0 Å². The molecule has 0 spiro atoms. The van der Waals surface area contributed by atoms with E-state index in [0.717, 1.165) is 11.8 Å². The lowest BCUT2D eigenvalue weighted by Crippen LogP contribution is -2.15. The van der Waals surface area contributed by atoms with Crippen molar-refractivity contribution in [3.8, 4) is 0 Å². The van der Waals surface area contributed by atoms with Crippen molar-refractivity contribution in [1.82, 2.24) is 0 Å². The lowest BCUT2D eigenvalue weighted by Gasteiger charge is -2.27.